The Morgan fingerprint density at radius 2 is 1.53 bits per heavy atom. The number of ether oxygens (including phenoxy) is 1. The van der Waals surface area contributed by atoms with Gasteiger partial charge in [0.1, 0.15) is 12.4 Å². The van der Waals surface area contributed by atoms with E-state index in [0.29, 0.717) is 16.8 Å². The molecular weight excluding hydrogens is 470 g/mol. The third kappa shape index (κ3) is 4.89. The number of benzene rings is 3. The van der Waals surface area contributed by atoms with Crippen LogP contribution in [0.1, 0.15) is 41.9 Å². The van der Waals surface area contributed by atoms with Gasteiger partial charge in [-0.05, 0) is 53.6 Å². The topological polar surface area (TPSA) is 61.0 Å². The van der Waals surface area contributed by atoms with Gasteiger partial charge in [-0.1, -0.05) is 48.9 Å². The summed E-state index contributed by atoms with van der Waals surface area (Å²) in [7, 11) is 0. The molecule has 0 bridgehead atoms. The lowest BCUT2D eigenvalue weighted by Gasteiger charge is -2.28. The van der Waals surface area contributed by atoms with Crippen molar-refractivity contribution in [2.75, 3.05) is 5.73 Å². The largest absolute Gasteiger partial charge is 0.486 e. The Hall–Kier alpha value is -3.94. The zero-order chi connectivity index (χ0) is 25.3. The van der Waals surface area contributed by atoms with Crippen LogP contribution < -0.4 is 10.5 Å². The van der Waals surface area contributed by atoms with Crippen LogP contribution in [0.2, 0.25) is 0 Å². The first kappa shape index (κ1) is 23.8. The van der Waals surface area contributed by atoms with E-state index in [2.05, 4.69) is 9.97 Å². The second-order valence-electron chi connectivity index (χ2n) is 8.86. The van der Waals surface area contributed by atoms with Crippen molar-refractivity contribution < 1.29 is 22.3 Å². The first-order valence-electron chi connectivity index (χ1n) is 11.6. The van der Waals surface area contributed by atoms with Crippen molar-refractivity contribution in [3.05, 3.63) is 95.6 Å². The van der Waals surface area contributed by atoms with Gasteiger partial charge in [0.05, 0.1) is 23.7 Å². The maximum absolute atomic E-state index is 15.6. The van der Waals surface area contributed by atoms with Gasteiger partial charge in [0.25, 0.3) is 0 Å². The predicted octanol–water partition coefficient (Wildman–Crippen LogP) is 7.40. The summed E-state index contributed by atoms with van der Waals surface area (Å²) in [4.78, 5) is 8.20. The number of nitrogens with zero attached hydrogens (tertiary/aromatic N) is 2. The van der Waals surface area contributed by atoms with E-state index in [-0.39, 0.29) is 24.1 Å². The molecule has 36 heavy (non-hydrogen) atoms. The van der Waals surface area contributed by atoms with Crippen LogP contribution >= 0.6 is 0 Å². The van der Waals surface area contributed by atoms with Crippen LogP contribution in [-0.4, -0.2) is 9.97 Å². The number of anilines is 1. The summed E-state index contributed by atoms with van der Waals surface area (Å²) in [5.74, 6) is 0.229. The van der Waals surface area contributed by atoms with Crippen molar-refractivity contribution in [2.24, 2.45) is 0 Å². The molecule has 8 heteroatoms. The standard InChI is InChI=1S/C28H23F4N3O/c29-26-23(24-14-35-25(33)15-34-24)13-12-22(20-2-1-3-20)27(26)36-16-17-4-6-18(7-5-17)19-8-10-21(11-9-19)28(30,31)32/h4-15,20H,1-3,16H2,(H2,33,35). The maximum Gasteiger partial charge on any atom is 0.416 e. The number of aromatic nitrogens is 2. The molecule has 0 radical (unpaired) electrons. The number of halogens is 4. The van der Waals surface area contributed by atoms with Crippen LogP contribution in [0.4, 0.5) is 23.4 Å². The molecule has 184 valence electrons. The highest BCUT2D eigenvalue weighted by molar-refractivity contribution is 5.65. The lowest BCUT2D eigenvalue weighted by Crippen LogP contribution is -2.12. The first-order valence-corrected chi connectivity index (χ1v) is 11.6. The molecule has 1 aromatic heterocycles. The predicted molar refractivity (Wildman–Crippen MR) is 130 cm³/mol. The Balaban J connectivity index is 1.36. The molecule has 4 nitrogen and oxygen atoms in total. The highest BCUT2D eigenvalue weighted by Gasteiger charge is 2.30. The third-order valence-corrected chi connectivity index (χ3v) is 6.50. The van der Waals surface area contributed by atoms with Gasteiger partial charge in [-0.2, -0.15) is 13.2 Å². The summed E-state index contributed by atoms with van der Waals surface area (Å²) in [6.45, 7) is 0.140. The Morgan fingerprint density at radius 1 is 0.861 bits per heavy atom. The van der Waals surface area contributed by atoms with Crippen LogP contribution in [0.3, 0.4) is 0 Å². The lowest BCUT2D eigenvalue weighted by atomic mass is 9.79. The Morgan fingerprint density at radius 3 is 2.08 bits per heavy atom. The van der Waals surface area contributed by atoms with Gasteiger partial charge in [-0.25, -0.2) is 9.37 Å². The van der Waals surface area contributed by atoms with Crippen LogP contribution in [0.5, 0.6) is 5.75 Å². The quantitative estimate of drug-likeness (QED) is 0.284. The third-order valence-electron chi connectivity index (χ3n) is 6.50. The van der Waals surface area contributed by atoms with Gasteiger partial charge in [-0.3, -0.25) is 4.98 Å². The van der Waals surface area contributed by atoms with E-state index in [0.717, 1.165) is 48.1 Å². The van der Waals surface area contributed by atoms with E-state index in [4.69, 9.17) is 10.5 Å². The van der Waals surface area contributed by atoms with Gasteiger partial charge in [0, 0.05) is 11.1 Å². The zero-order valence-corrected chi connectivity index (χ0v) is 19.2. The highest BCUT2D eigenvalue weighted by Crippen LogP contribution is 2.44. The summed E-state index contributed by atoms with van der Waals surface area (Å²) in [5, 5.41) is 0. The van der Waals surface area contributed by atoms with Crippen molar-refractivity contribution in [3.8, 4) is 28.1 Å². The molecule has 1 aliphatic rings. The van der Waals surface area contributed by atoms with E-state index in [1.807, 2.05) is 30.3 Å². The number of nitrogen functional groups attached to an aromatic ring is 1. The molecule has 0 aliphatic heterocycles. The fourth-order valence-electron chi connectivity index (χ4n) is 4.23. The summed E-state index contributed by atoms with van der Waals surface area (Å²) in [6, 6.07) is 15.9. The number of hydrogen-bond donors (Lipinski definition) is 1. The van der Waals surface area contributed by atoms with E-state index >= 15 is 4.39 Å². The minimum absolute atomic E-state index is 0.140. The Kier molecular flexibility index (Phi) is 6.35. The highest BCUT2D eigenvalue weighted by atomic mass is 19.4. The molecule has 4 aromatic rings. The molecule has 0 unspecified atom stereocenters. The van der Waals surface area contributed by atoms with Gasteiger partial charge in [-0.15, -0.1) is 0 Å². The summed E-state index contributed by atoms with van der Waals surface area (Å²) < 4.78 is 60.1. The minimum Gasteiger partial charge on any atom is -0.486 e. The fraction of sp³-hybridized carbons (Fsp3) is 0.214. The van der Waals surface area contributed by atoms with E-state index < -0.39 is 17.6 Å². The van der Waals surface area contributed by atoms with E-state index in [1.165, 1.54) is 24.5 Å². The number of hydrogen-bond acceptors (Lipinski definition) is 4. The van der Waals surface area contributed by atoms with Crippen molar-refractivity contribution in [3.63, 3.8) is 0 Å². The van der Waals surface area contributed by atoms with Gasteiger partial charge >= 0.3 is 6.18 Å². The molecule has 3 aromatic carbocycles. The smallest absolute Gasteiger partial charge is 0.416 e. The molecule has 0 saturated heterocycles. The second kappa shape index (κ2) is 9.60. The number of alkyl halides is 3. The molecule has 0 spiro atoms. The molecule has 1 fully saturated rings. The van der Waals surface area contributed by atoms with Crippen LogP contribution in [0.25, 0.3) is 22.4 Å². The molecule has 0 atom stereocenters. The molecule has 1 heterocycles. The summed E-state index contributed by atoms with van der Waals surface area (Å²) in [6.07, 6.45) is 1.51. The van der Waals surface area contributed by atoms with Crippen molar-refractivity contribution >= 4 is 5.82 Å². The molecule has 5 rings (SSSR count). The molecule has 1 saturated carbocycles. The lowest BCUT2D eigenvalue weighted by molar-refractivity contribution is -0.137. The molecule has 0 amide bonds. The normalized spacial score (nSPS) is 13.9. The van der Waals surface area contributed by atoms with E-state index in [9.17, 15) is 13.2 Å². The average Bonchev–Trinajstić information content (AvgIpc) is 2.83. The van der Waals surface area contributed by atoms with Crippen molar-refractivity contribution in [1.82, 2.24) is 9.97 Å². The zero-order valence-electron chi connectivity index (χ0n) is 19.2. The maximum atomic E-state index is 15.6. The molecule has 1 aliphatic carbocycles. The first-order chi connectivity index (χ1) is 17.3. The molecular formula is C28H23F4N3O. The fourth-order valence-corrected chi connectivity index (χ4v) is 4.23. The van der Waals surface area contributed by atoms with Crippen molar-refractivity contribution in [2.45, 2.75) is 38.0 Å². The Labute approximate surface area is 205 Å². The minimum atomic E-state index is -4.37. The van der Waals surface area contributed by atoms with Crippen LogP contribution in [0, 0.1) is 5.82 Å². The SMILES string of the molecule is Nc1cnc(-c2ccc(C3CCC3)c(OCc3ccc(-c4ccc(C(F)(F)F)cc4)cc3)c2F)cn1. The molecule has 2 N–H and O–H groups in total. The summed E-state index contributed by atoms with van der Waals surface area (Å²) in [5.41, 5.74) is 8.68. The number of nitrogens with two attached hydrogens (primary N) is 1. The monoisotopic (exact) mass is 493 g/mol. The van der Waals surface area contributed by atoms with Crippen LogP contribution in [-0.2, 0) is 12.8 Å². The van der Waals surface area contributed by atoms with E-state index in [1.54, 1.807) is 6.07 Å². The Bertz CT molecular complexity index is 1350. The number of rotatable bonds is 6. The van der Waals surface area contributed by atoms with Gasteiger partial charge in [0.2, 0.25) is 0 Å². The van der Waals surface area contributed by atoms with Crippen molar-refractivity contribution in [1.29, 1.82) is 0 Å². The average molecular weight is 494 g/mol. The second-order valence-corrected chi connectivity index (χ2v) is 8.86. The van der Waals surface area contributed by atoms with Gasteiger partial charge in [0.15, 0.2) is 11.6 Å². The summed E-state index contributed by atoms with van der Waals surface area (Å²) >= 11 is 0. The van der Waals surface area contributed by atoms with Gasteiger partial charge < -0.3 is 10.5 Å². The van der Waals surface area contributed by atoms with Crippen LogP contribution in [0.15, 0.2) is 73.1 Å².